The summed E-state index contributed by atoms with van der Waals surface area (Å²) in [5.74, 6) is 0.219. The lowest BCUT2D eigenvalue weighted by Gasteiger charge is -2.48. The van der Waals surface area contributed by atoms with Gasteiger partial charge in [0, 0.05) is 29.9 Å². The zero-order valence-electron chi connectivity index (χ0n) is 17.8. The lowest BCUT2D eigenvalue weighted by Crippen LogP contribution is -2.57. The van der Waals surface area contributed by atoms with Gasteiger partial charge in [0.2, 0.25) is 5.91 Å². The van der Waals surface area contributed by atoms with Crippen LogP contribution in [0.2, 0.25) is 0 Å². The summed E-state index contributed by atoms with van der Waals surface area (Å²) < 4.78 is 1.28. The van der Waals surface area contributed by atoms with Crippen molar-refractivity contribution in [2.45, 2.75) is 50.7 Å². The molecule has 4 atom stereocenters. The van der Waals surface area contributed by atoms with Crippen LogP contribution in [0.25, 0.3) is 0 Å². The Bertz CT molecular complexity index is 996. The van der Waals surface area contributed by atoms with Crippen molar-refractivity contribution >= 4 is 23.6 Å². The highest BCUT2D eigenvalue weighted by Crippen LogP contribution is 2.41. The summed E-state index contributed by atoms with van der Waals surface area (Å²) >= 11 is 6.46. The Morgan fingerprint density at radius 3 is 2.84 bits per heavy atom. The Kier molecular flexibility index (Phi) is 5.49. The van der Waals surface area contributed by atoms with E-state index < -0.39 is 0 Å². The van der Waals surface area contributed by atoms with Gasteiger partial charge in [-0.25, -0.2) is 4.42 Å². The Hall–Kier alpha value is -2.37. The van der Waals surface area contributed by atoms with Gasteiger partial charge in [0.1, 0.15) is 0 Å². The monoisotopic (exact) mass is 437 g/mol. The van der Waals surface area contributed by atoms with Crippen molar-refractivity contribution in [1.82, 2.24) is 14.6 Å². The smallest absolute Gasteiger partial charge is 0.268 e. The molecule has 2 aromatic rings. The third-order valence-corrected chi connectivity index (χ3v) is 7.67. The molecule has 0 unspecified atom stereocenters. The molecule has 3 heterocycles. The van der Waals surface area contributed by atoms with E-state index >= 15 is 0 Å². The van der Waals surface area contributed by atoms with Gasteiger partial charge < -0.3 is 10.2 Å². The highest BCUT2D eigenvalue weighted by Gasteiger charge is 2.45. The van der Waals surface area contributed by atoms with Crippen molar-refractivity contribution in [2.75, 3.05) is 13.1 Å². The van der Waals surface area contributed by atoms with Gasteiger partial charge in [-0.2, -0.15) is 0 Å². The van der Waals surface area contributed by atoms with E-state index in [1.54, 1.807) is 0 Å². The Morgan fingerprint density at radius 1 is 1.23 bits per heavy atom. The van der Waals surface area contributed by atoms with E-state index in [4.69, 9.17) is 11.8 Å². The van der Waals surface area contributed by atoms with Gasteiger partial charge in [-0.3, -0.25) is 9.59 Å². The average molecular weight is 438 g/mol. The number of halogens is 1. The minimum Gasteiger partial charge on any atom is -0.335 e. The lowest BCUT2D eigenvalue weighted by atomic mass is 9.77. The van der Waals surface area contributed by atoms with Crippen LogP contribution in [0, 0.1) is 5.92 Å². The fourth-order valence-electron chi connectivity index (χ4n) is 5.47. The fraction of sp³-hybridized carbons (Fsp3) is 0.440. The van der Waals surface area contributed by atoms with Crippen molar-refractivity contribution in [3.8, 4) is 0 Å². The molecule has 5 nitrogen and oxygen atoms in total. The van der Waals surface area contributed by atoms with Crippen LogP contribution in [0.15, 0.2) is 48.5 Å². The number of hydrogen-bond acceptors (Lipinski definition) is 3. The van der Waals surface area contributed by atoms with Crippen molar-refractivity contribution in [2.24, 2.45) is 5.92 Å². The predicted molar refractivity (Wildman–Crippen MR) is 121 cm³/mol. The summed E-state index contributed by atoms with van der Waals surface area (Å²) in [7, 11) is 0. The van der Waals surface area contributed by atoms with Crippen molar-refractivity contribution in [3.63, 3.8) is 0 Å². The number of carbonyl (C=O) groups is 2. The van der Waals surface area contributed by atoms with E-state index in [1.807, 2.05) is 55.5 Å². The first-order valence-corrected chi connectivity index (χ1v) is 11.6. The van der Waals surface area contributed by atoms with Crippen molar-refractivity contribution in [3.05, 3.63) is 70.8 Å². The molecule has 2 fully saturated rings. The highest BCUT2D eigenvalue weighted by molar-refractivity contribution is 6.24. The van der Waals surface area contributed by atoms with Crippen LogP contribution in [-0.2, 0) is 11.2 Å². The number of rotatable bonds is 3. The molecule has 2 aromatic carbocycles. The first-order chi connectivity index (χ1) is 15.0. The first kappa shape index (κ1) is 20.5. The number of hydrogen-bond donors (Lipinski definition) is 1. The van der Waals surface area contributed by atoms with Gasteiger partial charge in [-0.05, 0) is 68.0 Å². The molecule has 5 rings (SSSR count). The standard InChI is InChI=1S/C25H28ClN3O2/c1-16(17-6-3-2-4-7-17)29(26)24(30)19-9-10-20-18(14-19)11-13-28-23(20)15-22-21(25(28)31)8-5-12-27-22/h2-4,6-7,9-10,14,16,21-23,27H,5,8,11-13,15H2,1H3/t16-,21+,22+,23+/m1/s1. The molecule has 0 aliphatic carbocycles. The molecule has 2 saturated heterocycles. The Labute approximate surface area is 188 Å². The second-order valence-electron chi connectivity index (χ2n) is 8.96. The van der Waals surface area contributed by atoms with E-state index in [1.165, 1.54) is 9.98 Å². The Morgan fingerprint density at radius 2 is 2.03 bits per heavy atom. The SMILES string of the molecule is C[C@H](c1ccccc1)N(Cl)C(=O)c1ccc2c(c1)CCN1C(=O)[C@H]3CCCN[C@H]3C[C@@H]21. The van der Waals surface area contributed by atoms with Gasteiger partial charge in [0.15, 0.2) is 0 Å². The minimum absolute atomic E-state index is 0.0996. The molecule has 0 saturated carbocycles. The van der Waals surface area contributed by atoms with E-state index in [9.17, 15) is 9.59 Å². The molecule has 3 aliphatic rings. The van der Waals surface area contributed by atoms with Gasteiger partial charge in [0.25, 0.3) is 5.91 Å². The van der Waals surface area contributed by atoms with Gasteiger partial charge in [-0.1, -0.05) is 36.4 Å². The summed E-state index contributed by atoms with van der Waals surface area (Å²) in [6, 6.07) is 15.8. The summed E-state index contributed by atoms with van der Waals surface area (Å²) in [6.45, 7) is 3.65. The van der Waals surface area contributed by atoms with Gasteiger partial charge >= 0.3 is 0 Å². The highest BCUT2D eigenvalue weighted by atomic mass is 35.5. The molecule has 0 aromatic heterocycles. The summed E-state index contributed by atoms with van der Waals surface area (Å²) in [4.78, 5) is 28.2. The largest absolute Gasteiger partial charge is 0.335 e. The molecule has 162 valence electrons. The Balaban J connectivity index is 1.38. The van der Waals surface area contributed by atoms with E-state index in [2.05, 4.69) is 10.2 Å². The molecule has 0 radical (unpaired) electrons. The normalized spacial score (nSPS) is 25.8. The number of nitrogens with zero attached hydrogens (tertiary/aromatic N) is 2. The van der Waals surface area contributed by atoms with E-state index in [-0.39, 0.29) is 30.0 Å². The average Bonchev–Trinajstić information content (AvgIpc) is 2.83. The van der Waals surface area contributed by atoms with Crippen LogP contribution >= 0.6 is 11.8 Å². The molecule has 0 bridgehead atoms. The summed E-state index contributed by atoms with van der Waals surface area (Å²) in [6.07, 6.45) is 3.79. The molecule has 2 amide bonds. The number of nitrogens with one attached hydrogen (secondary N) is 1. The van der Waals surface area contributed by atoms with Crippen LogP contribution in [-0.4, -0.2) is 40.3 Å². The van der Waals surface area contributed by atoms with Crippen LogP contribution in [0.1, 0.15) is 65.3 Å². The van der Waals surface area contributed by atoms with Crippen LogP contribution in [0.3, 0.4) is 0 Å². The molecular formula is C25H28ClN3O2. The van der Waals surface area contributed by atoms with Crippen LogP contribution < -0.4 is 5.32 Å². The zero-order valence-corrected chi connectivity index (χ0v) is 18.5. The van der Waals surface area contributed by atoms with Crippen LogP contribution in [0.5, 0.6) is 0 Å². The van der Waals surface area contributed by atoms with Crippen molar-refractivity contribution in [1.29, 1.82) is 0 Å². The number of benzene rings is 2. The molecular weight excluding hydrogens is 410 g/mol. The van der Waals surface area contributed by atoms with Gasteiger partial charge in [0.05, 0.1) is 18.0 Å². The molecule has 6 heteroatoms. The summed E-state index contributed by atoms with van der Waals surface area (Å²) in [5, 5.41) is 3.56. The zero-order chi connectivity index (χ0) is 21.5. The molecule has 1 N–H and O–H groups in total. The predicted octanol–water partition coefficient (Wildman–Crippen LogP) is 4.24. The molecule has 0 spiro atoms. The quantitative estimate of drug-likeness (QED) is 0.730. The maximum absolute atomic E-state index is 13.1. The maximum Gasteiger partial charge on any atom is 0.268 e. The fourth-order valence-corrected chi connectivity index (χ4v) is 5.68. The topological polar surface area (TPSA) is 52.7 Å². The minimum atomic E-state index is -0.229. The molecule has 31 heavy (non-hydrogen) atoms. The van der Waals surface area contributed by atoms with Gasteiger partial charge in [-0.15, -0.1) is 0 Å². The number of piperidine rings is 2. The third-order valence-electron chi connectivity index (χ3n) is 7.22. The second kappa shape index (κ2) is 8.29. The van der Waals surface area contributed by atoms with Crippen LogP contribution in [0.4, 0.5) is 0 Å². The first-order valence-electron chi connectivity index (χ1n) is 11.3. The number of fused-ring (bicyclic) bond motifs is 4. The number of amides is 2. The van der Waals surface area contributed by atoms with E-state index in [0.717, 1.165) is 49.9 Å². The second-order valence-corrected chi connectivity index (χ2v) is 9.32. The van der Waals surface area contributed by atoms with Crippen molar-refractivity contribution < 1.29 is 9.59 Å². The summed E-state index contributed by atoms with van der Waals surface area (Å²) in [5.41, 5.74) is 3.93. The third kappa shape index (κ3) is 3.64. The number of carbonyl (C=O) groups excluding carboxylic acids is 2. The molecule has 3 aliphatic heterocycles. The van der Waals surface area contributed by atoms with E-state index in [0.29, 0.717) is 11.5 Å². The lowest BCUT2D eigenvalue weighted by molar-refractivity contribution is -0.145. The maximum atomic E-state index is 13.1.